The van der Waals surface area contributed by atoms with E-state index in [0.717, 1.165) is 30.5 Å². The summed E-state index contributed by atoms with van der Waals surface area (Å²) < 4.78 is 0. The maximum absolute atomic E-state index is 4.58. The molecule has 94 valence electrons. The van der Waals surface area contributed by atoms with Crippen LogP contribution in [-0.2, 0) is 0 Å². The standard InChI is InChI=1S/C12H16N6/c1-2-6-18(7-3-1)12-9-13-8-11(16-12)15-10-4-5-14-17-10/h4-5,8-9H,1-3,6-7H2,(H2,14,15,16,17). The first-order valence-electron chi connectivity index (χ1n) is 6.25. The fraction of sp³-hybridized carbons (Fsp3) is 0.417. The van der Waals surface area contributed by atoms with Crippen molar-refractivity contribution in [2.45, 2.75) is 19.3 Å². The van der Waals surface area contributed by atoms with Crippen LogP contribution in [0.5, 0.6) is 0 Å². The lowest BCUT2D eigenvalue weighted by atomic mass is 10.1. The van der Waals surface area contributed by atoms with Crippen LogP contribution < -0.4 is 10.2 Å². The van der Waals surface area contributed by atoms with Crippen LogP contribution >= 0.6 is 0 Å². The van der Waals surface area contributed by atoms with Crippen LogP contribution in [0.2, 0.25) is 0 Å². The molecular formula is C12H16N6. The van der Waals surface area contributed by atoms with Crippen LogP contribution in [0.4, 0.5) is 17.5 Å². The van der Waals surface area contributed by atoms with Gasteiger partial charge >= 0.3 is 0 Å². The minimum atomic E-state index is 0.738. The minimum Gasteiger partial charge on any atom is -0.355 e. The number of aromatic amines is 1. The number of hydrogen-bond acceptors (Lipinski definition) is 5. The number of nitrogens with one attached hydrogen (secondary N) is 2. The van der Waals surface area contributed by atoms with Crippen molar-refractivity contribution in [3.05, 3.63) is 24.7 Å². The summed E-state index contributed by atoms with van der Waals surface area (Å²) in [7, 11) is 0. The molecule has 6 nitrogen and oxygen atoms in total. The van der Waals surface area contributed by atoms with Crippen molar-refractivity contribution in [1.82, 2.24) is 20.2 Å². The lowest BCUT2D eigenvalue weighted by Gasteiger charge is -2.27. The van der Waals surface area contributed by atoms with E-state index in [1.165, 1.54) is 19.3 Å². The Morgan fingerprint density at radius 2 is 2.06 bits per heavy atom. The normalized spacial score (nSPS) is 15.7. The molecule has 6 heteroatoms. The highest BCUT2D eigenvalue weighted by molar-refractivity contribution is 5.52. The molecule has 0 aliphatic carbocycles. The fourth-order valence-electron chi connectivity index (χ4n) is 2.15. The molecule has 0 atom stereocenters. The molecule has 1 fully saturated rings. The first-order valence-corrected chi connectivity index (χ1v) is 6.25. The van der Waals surface area contributed by atoms with Crippen molar-refractivity contribution in [3.8, 4) is 0 Å². The highest BCUT2D eigenvalue weighted by atomic mass is 15.2. The monoisotopic (exact) mass is 244 g/mol. The third-order valence-corrected chi connectivity index (χ3v) is 3.07. The molecule has 1 aliphatic rings. The van der Waals surface area contributed by atoms with E-state index in [1.807, 2.05) is 12.3 Å². The molecular weight excluding hydrogens is 228 g/mol. The molecule has 0 amide bonds. The van der Waals surface area contributed by atoms with Crippen LogP contribution in [0, 0.1) is 0 Å². The van der Waals surface area contributed by atoms with E-state index in [4.69, 9.17) is 0 Å². The highest BCUT2D eigenvalue weighted by Gasteiger charge is 2.12. The van der Waals surface area contributed by atoms with Gasteiger partial charge in [-0.15, -0.1) is 0 Å². The quantitative estimate of drug-likeness (QED) is 0.863. The van der Waals surface area contributed by atoms with Gasteiger partial charge in [0.2, 0.25) is 0 Å². The van der Waals surface area contributed by atoms with Gasteiger partial charge in [0, 0.05) is 19.2 Å². The highest BCUT2D eigenvalue weighted by Crippen LogP contribution is 2.19. The molecule has 2 aromatic rings. The number of hydrogen-bond donors (Lipinski definition) is 2. The summed E-state index contributed by atoms with van der Waals surface area (Å²) in [6.07, 6.45) is 9.03. The summed E-state index contributed by atoms with van der Waals surface area (Å²) in [6, 6.07) is 1.86. The molecule has 3 heterocycles. The molecule has 2 aromatic heterocycles. The zero-order chi connectivity index (χ0) is 12.2. The fourth-order valence-corrected chi connectivity index (χ4v) is 2.15. The molecule has 0 bridgehead atoms. The van der Waals surface area contributed by atoms with Crippen molar-refractivity contribution >= 4 is 17.5 Å². The number of H-pyrrole nitrogens is 1. The van der Waals surface area contributed by atoms with Gasteiger partial charge in [-0.2, -0.15) is 5.10 Å². The molecule has 0 saturated carbocycles. The van der Waals surface area contributed by atoms with E-state index in [2.05, 4.69) is 30.4 Å². The van der Waals surface area contributed by atoms with Crippen LogP contribution in [-0.4, -0.2) is 33.3 Å². The lowest BCUT2D eigenvalue weighted by Crippen LogP contribution is -2.30. The zero-order valence-electron chi connectivity index (χ0n) is 10.1. The second-order valence-corrected chi connectivity index (χ2v) is 4.41. The van der Waals surface area contributed by atoms with Crippen LogP contribution in [0.3, 0.4) is 0 Å². The molecule has 1 aliphatic heterocycles. The summed E-state index contributed by atoms with van der Waals surface area (Å²) in [5, 5.41) is 9.87. The number of piperidine rings is 1. The molecule has 0 spiro atoms. The molecule has 1 saturated heterocycles. The SMILES string of the molecule is c1cc(Nc2cncc(N3CCCCC3)n2)[nH]n1. The summed E-state index contributed by atoms with van der Waals surface area (Å²) in [4.78, 5) is 11.1. The first kappa shape index (κ1) is 11.0. The predicted octanol–water partition coefficient (Wildman–Crippen LogP) is 1.93. The van der Waals surface area contributed by atoms with Gasteiger partial charge in [-0.1, -0.05) is 0 Å². The first-order chi connectivity index (χ1) is 8.92. The Balaban J connectivity index is 1.76. The van der Waals surface area contributed by atoms with Gasteiger partial charge in [0.1, 0.15) is 11.6 Å². The molecule has 18 heavy (non-hydrogen) atoms. The Hall–Kier alpha value is -2.11. The smallest absolute Gasteiger partial charge is 0.152 e. The van der Waals surface area contributed by atoms with Gasteiger partial charge in [0.15, 0.2) is 5.82 Å². The average Bonchev–Trinajstić information content (AvgIpc) is 2.93. The van der Waals surface area contributed by atoms with Gasteiger partial charge in [-0.25, -0.2) is 4.98 Å². The molecule has 0 radical (unpaired) electrons. The third-order valence-electron chi connectivity index (χ3n) is 3.07. The topological polar surface area (TPSA) is 69.7 Å². The van der Waals surface area contributed by atoms with Crippen LogP contribution in [0.15, 0.2) is 24.7 Å². The molecule has 0 unspecified atom stereocenters. The summed E-state index contributed by atoms with van der Waals surface area (Å²) in [6.45, 7) is 2.14. The van der Waals surface area contributed by atoms with Gasteiger partial charge in [0.05, 0.1) is 18.6 Å². The van der Waals surface area contributed by atoms with Crippen molar-refractivity contribution < 1.29 is 0 Å². The maximum atomic E-state index is 4.58. The van der Waals surface area contributed by atoms with Crippen LogP contribution in [0.1, 0.15) is 19.3 Å². The summed E-state index contributed by atoms with van der Waals surface area (Å²) in [5.74, 6) is 2.50. The number of rotatable bonds is 3. The minimum absolute atomic E-state index is 0.738. The Morgan fingerprint density at radius 3 is 2.83 bits per heavy atom. The Labute approximate surface area is 105 Å². The van der Waals surface area contributed by atoms with Gasteiger partial charge < -0.3 is 10.2 Å². The largest absolute Gasteiger partial charge is 0.355 e. The lowest BCUT2D eigenvalue weighted by molar-refractivity contribution is 0.573. The summed E-state index contributed by atoms with van der Waals surface area (Å²) in [5.41, 5.74) is 0. The Kier molecular flexibility index (Phi) is 3.08. The van der Waals surface area contributed by atoms with E-state index < -0.39 is 0 Å². The van der Waals surface area contributed by atoms with E-state index in [1.54, 1.807) is 12.4 Å². The van der Waals surface area contributed by atoms with Gasteiger partial charge in [-0.05, 0) is 19.3 Å². The molecule has 0 aromatic carbocycles. The van der Waals surface area contributed by atoms with E-state index in [-0.39, 0.29) is 0 Å². The Morgan fingerprint density at radius 1 is 1.17 bits per heavy atom. The molecule has 3 rings (SSSR count). The Bertz CT molecular complexity index is 489. The third kappa shape index (κ3) is 2.42. The number of aromatic nitrogens is 4. The zero-order valence-corrected chi connectivity index (χ0v) is 10.1. The van der Waals surface area contributed by atoms with Crippen molar-refractivity contribution in [2.24, 2.45) is 0 Å². The van der Waals surface area contributed by atoms with Gasteiger partial charge in [0.25, 0.3) is 0 Å². The second kappa shape index (κ2) is 5.03. The maximum Gasteiger partial charge on any atom is 0.152 e. The second-order valence-electron chi connectivity index (χ2n) is 4.41. The van der Waals surface area contributed by atoms with Crippen molar-refractivity contribution in [1.29, 1.82) is 0 Å². The van der Waals surface area contributed by atoms with Crippen molar-refractivity contribution in [2.75, 3.05) is 23.3 Å². The predicted molar refractivity (Wildman–Crippen MR) is 70.0 cm³/mol. The van der Waals surface area contributed by atoms with E-state index >= 15 is 0 Å². The number of anilines is 3. The van der Waals surface area contributed by atoms with E-state index in [0.29, 0.717) is 0 Å². The van der Waals surface area contributed by atoms with E-state index in [9.17, 15) is 0 Å². The summed E-state index contributed by atoms with van der Waals surface area (Å²) >= 11 is 0. The average molecular weight is 244 g/mol. The van der Waals surface area contributed by atoms with Gasteiger partial charge in [-0.3, -0.25) is 10.1 Å². The van der Waals surface area contributed by atoms with Crippen molar-refractivity contribution in [3.63, 3.8) is 0 Å². The molecule has 2 N–H and O–H groups in total. The number of nitrogens with zero attached hydrogens (tertiary/aromatic N) is 4. The van der Waals surface area contributed by atoms with Crippen LogP contribution in [0.25, 0.3) is 0 Å².